The summed E-state index contributed by atoms with van der Waals surface area (Å²) in [7, 11) is -6.50. The SMILES string of the molecule is C=C(COCCCC(F)(F)C(F)(F)S(=O)(=O)[O-])C(=O)OC1(C)CCCCCCC1. The van der Waals surface area contributed by atoms with Gasteiger partial charge < -0.3 is 14.0 Å². The molecule has 0 unspecified atom stereocenters. The maximum atomic E-state index is 13.3. The number of ether oxygens (including phenoxy) is 2. The Bertz CT molecular complexity index is 670. The summed E-state index contributed by atoms with van der Waals surface area (Å²) in [4.78, 5) is 12.2. The quantitative estimate of drug-likeness (QED) is 0.164. The summed E-state index contributed by atoms with van der Waals surface area (Å²) in [5, 5.41) is -5.71. The van der Waals surface area contributed by atoms with Gasteiger partial charge in [-0.15, -0.1) is 0 Å². The second kappa shape index (κ2) is 10.2. The van der Waals surface area contributed by atoms with Crippen LogP contribution in [0.2, 0.25) is 0 Å². The average molecular weight is 447 g/mol. The molecule has 29 heavy (non-hydrogen) atoms. The summed E-state index contributed by atoms with van der Waals surface area (Å²) in [6, 6.07) is 0. The van der Waals surface area contributed by atoms with Gasteiger partial charge >= 0.3 is 17.1 Å². The smallest absolute Gasteiger partial charge is 0.396 e. The predicted molar refractivity (Wildman–Crippen MR) is 95.6 cm³/mol. The van der Waals surface area contributed by atoms with E-state index >= 15 is 0 Å². The lowest BCUT2D eigenvalue weighted by molar-refractivity contribution is -0.166. The van der Waals surface area contributed by atoms with Gasteiger partial charge in [0, 0.05) is 13.0 Å². The third kappa shape index (κ3) is 7.53. The third-order valence-electron chi connectivity index (χ3n) is 4.83. The summed E-state index contributed by atoms with van der Waals surface area (Å²) in [5.41, 5.74) is -0.662. The van der Waals surface area contributed by atoms with Crippen LogP contribution in [-0.4, -0.2) is 48.9 Å². The molecule has 0 radical (unpaired) electrons. The van der Waals surface area contributed by atoms with E-state index in [4.69, 9.17) is 9.47 Å². The van der Waals surface area contributed by atoms with Gasteiger partial charge in [-0.2, -0.15) is 17.6 Å². The van der Waals surface area contributed by atoms with Gasteiger partial charge in [0.2, 0.25) is 0 Å². The monoisotopic (exact) mass is 447 g/mol. The van der Waals surface area contributed by atoms with Gasteiger partial charge in [0.15, 0.2) is 10.1 Å². The normalized spacial score (nSPS) is 18.6. The first-order valence-corrected chi connectivity index (χ1v) is 10.8. The Kier molecular flexibility index (Phi) is 9.10. The highest BCUT2D eigenvalue weighted by molar-refractivity contribution is 7.86. The van der Waals surface area contributed by atoms with Crippen LogP contribution in [0, 0.1) is 0 Å². The van der Waals surface area contributed by atoms with Crippen LogP contribution in [0.1, 0.15) is 64.7 Å². The molecule has 1 aliphatic carbocycles. The van der Waals surface area contributed by atoms with Gasteiger partial charge in [0.1, 0.15) is 5.60 Å². The number of alkyl halides is 4. The number of carbonyl (C=O) groups is 1. The van der Waals surface area contributed by atoms with E-state index in [1.165, 1.54) is 0 Å². The summed E-state index contributed by atoms with van der Waals surface area (Å²) >= 11 is 0. The van der Waals surface area contributed by atoms with E-state index in [2.05, 4.69) is 6.58 Å². The van der Waals surface area contributed by atoms with Gasteiger partial charge in [0.05, 0.1) is 12.2 Å². The van der Waals surface area contributed by atoms with E-state index in [0.717, 1.165) is 44.9 Å². The standard InChI is InChI=1S/C18H28F4O6S/c1-14(15(23)28-16(2)9-6-4-3-5-7-10-16)13-27-12-8-11-17(19,20)18(21,22)29(24,25)26/h1,3-13H2,2H3,(H,24,25,26)/p-1. The molecule has 0 aromatic heterocycles. The van der Waals surface area contributed by atoms with Crippen molar-refractivity contribution in [1.82, 2.24) is 0 Å². The van der Waals surface area contributed by atoms with Crippen molar-refractivity contribution in [3.8, 4) is 0 Å². The van der Waals surface area contributed by atoms with Crippen LogP contribution in [0.5, 0.6) is 0 Å². The van der Waals surface area contributed by atoms with Gasteiger partial charge in [-0.1, -0.05) is 25.8 Å². The molecule has 0 spiro atoms. The third-order valence-corrected chi connectivity index (χ3v) is 5.76. The molecular formula is C18H27F4O6S-. The molecule has 0 N–H and O–H groups in total. The zero-order valence-electron chi connectivity index (χ0n) is 16.4. The molecule has 1 fully saturated rings. The highest BCUT2D eigenvalue weighted by Crippen LogP contribution is 2.41. The van der Waals surface area contributed by atoms with Crippen LogP contribution in [0.15, 0.2) is 12.2 Å². The van der Waals surface area contributed by atoms with E-state index in [0.29, 0.717) is 0 Å². The highest BCUT2D eigenvalue weighted by atomic mass is 32.2. The fraction of sp³-hybridized carbons (Fsp3) is 0.833. The Morgan fingerprint density at radius 1 is 1.10 bits per heavy atom. The molecule has 6 nitrogen and oxygen atoms in total. The molecule has 1 rings (SSSR count). The Balaban J connectivity index is 2.40. The van der Waals surface area contributed by atoms with Crippen LogP contribution in [0.25, 0.3) is 0 Å². The van der Waals surface area contributed by atoms with Gasteiger partial charge in [-0.05, 0) is 39.0 Å². The minimum absolute atomic E-state index is 0.0486. The lowest BCUT2D eigenvalue weighted by Crippen LogP contribution is -2.46. The van der Waals surface area contributed by atoms with Crippen LogP contribution >= 0.6 is 0 Å². The molecule has 0 aromatic carbocycles. The number of esters is 1. The van der Waals surface area contributed by atoms with Crippen molar-refractivity contribution in [1.29, 1.82) is 0 Å². The van der Waals surface area contributed by atoms with Crippen molar-refractivity contribution < 1.29 is 44.8 Å². The lowest BCUT2D eigenvalue weighted by Gasteiger charge is -2.31. The van der Waals surface area contributed by atoms with Crippen molar-refractivity contribution in [3.63, 3.8) is 0 Å². The molecule has 0 heterocycles. The second-order valence-electron chi connectivity index (χ2n) is 7.54. The van der Waals surface area contributed by atoms with E-state index < -0.39 is 52.3 Å². The Morgan fingerprint density at radius 3 is 2.14 bits per heavy atom. The first kappa shape index (κ1) is 25.8. The fourth-order valence-corrected chi connectivity index (χ4v) is 3.50. The minimum Gasteiger partial charge on any atom is -0.743 e. The predicted octanol–water partition coefficient (Wildman–Crippen LogP) is 4.16. The molecule has 1 saturated carbocycles. The largest absolute Gasteiger partial charge is 0.743 e. The number of rotatable bonds is 10. The molecule has 0 aromatic rings. The fourth-order valence-electron chi connectivity index (χ4n) is 3.03. The average Bonchev–Trinajstić information content (AvgIpc) is 2.57. The molecule has 0 atom stereocenters. The molecular weight excluding hydrogens is 420 g/mol. The van der Waals surface area contributed by atoms with Crippen molar-refractivity contribution in [2.75, 3.05) is 13.2 Å². The van der Waals surface area contributed by atoms with Crippen LogP contribution in [0.4, 0.5) is 17.6 Å². The van der Waals surface area contributed by atoms with E-state index in [1.807, 2.05) is 6.92 Å². The topological polar surface area (TPSA) is 92.7 Å². The molecule has 0 aliphatic heterocycles. The zero-order valence-corrected chi connectivity index (χ0v) is 17.2. The van der Waals surface area contributed by atoms with E-state index in [-0.39, 0.29) is 12.2 Å². The molecule has 0 amide bonds. The minimum atomic E-state index is -6.50. The number of hydrogen-bond donors (Lipinski definition) is 0. The maximum Gasteiger partial charge on any atom is 0.396 e. The molecule has 170 valence electrons. The highest BCUT2D eigenvalue weighted by Gasteiger charge is 2.60. The van der Waals surface area contributed by atoms with E-state index in [9.17, 15) is 35.3 Å². The van der Waals surface area contributed by atoms with E-state index in [1.54, 1.807) is 0 Å². The molecule has 0 saturated heterocycles. The number of hydrogen-bond acceptors (Lipinski definition) is 6. The Morgan fingerprint density at radius 2 is 1.62 bits per heavy atom. The van der Waals surface area contributed by atoms with Crippen LogP contribution < -0.4 is 0 Å². The Labute approximate surface area is 168 Å². The molecule has 0 bridgehead atoms. The van der Waals surface area contributed by atoms with Crippen molar-refractivity contribution >= 4 is 16.1 Å². The summed E-state index contributed by atoms with van der Waals surface area (Å²) in [5.74, 6) is -5.71. The van der Waals surface area contributed by atoms with Crippen molar-refractivity contribution in [2.45, 2.75) is 81.5 Å². The first-order chi connectivity index (χ1) is 13.2. The van der Waals surface area contributed by atoms with Crippen molar-refractivity contribution in [3.05, 3.63) is 12.2 Å². The van der Waals surface area contributed by atoms with Gasteiger partial charge in [-0.25, -0.2) is 13.2 Å². The summed E-state index contributed by atoms with van der Waals surface area (Å²) < 4.78 is 94.0. The second-order valence-corrected chi connectivity index (χ2v) is 8.96. The van der Waals surface area contributed by atoms with Gasteiger partial charge in [-0.3, -0.25) is 0 Å². The van der Waals surface area contributed by atoms with Crippen molar-refractivity contribution in [2.24, 2.45) is 0 Å². The molecule has 11 heteroatoms. The lowest BCUT2D eigenvalue weighted by atomic mass is 9.88. The Hall–Kier alpha value is -1.20. The zero-order chi connectivity index (χ0) is 22.3. The van der Waals surface area contributed by atoms with Crippen LogP contribution in [-0.2, 0) is 24.4 Å². The summed E-state index contributed by atoms with van der Waals surface area (Å²) in [6.07, 6.45) is 4.36. The maximum absolute atomic E-state index is 13.3. The number of carbonyl (C=O) groups excluding carboxylic acids is 1. The molecule has 1 aliphatic rings. The summed E-state index contributed by atoms with van der Waals surface area (Å²) in [6.45, 7) is 4.55. The van der Waals surface area contributed by atoms with Gasteiger partial charge in [0.25, 0.3) is 0 Å². The first-order valence-electron chi connectivity index (χ1n) is 9.42. The number of halogens is 4. The van der Waals surface area contributed by atoms with Crippen LogP contribution in [0.3, 0.4) is 0 Å².